The lowest BCUT2D eigenvalue weighted by atomic mass is 9.95. The summed E-state index contributed by atoms with van der Waals surface area (Å²) in [5, 5.41) is 0. The number of benzene rings is 2. The van der Waals surface area contributed by atoms with Gasteiger partial charge in [-0.1, -0.05) is 11.6 Å². The van der Waals surface area contributed by atoms with Gasteiger partial charge in [0.25, 0.3) is 0 Å². The lowest BCUT2D eigenvalue weighted by molar-refractivity contribution is -0.143. The van der Waals surface area contributed by atoms with E-state index in [1.165, 1.54) is 6.07 Å². The molecule has 0 radical (unpaired) electrons. The zero-order valence-corrected chi connectivity index (χ0v) is 12.2. The van der Waals surface area contributed by atoms with Crippen LogP contribution in [0.1, 0.15) is 22.3 Å². The summed E-state index contributed by atoms with van der Waals surface area (Å²) in [6, 6.07) is 4.64. The molecule has 0 atom stereocenters. The molecule has 7 heteroatoms. The number of anilines is 1. The molecule has 2 rings (SSSR count). The van der Waals surface area contributed by atoms with Crippen molar-refractivity contribution in [2.75, 3.05) is 5.73 Å². The second-order valence-corrected chi connectivity index (χ2v) is 5.34. The fraction of sp³-hybridized carbons (Fsp3) is 0.250. The number of hydrogen-bond acceptors (Lipinski definition) is 1. The maximum atomic E-state index is 12.9. The largest absolute Gasteiger partial charge is 0.416 e. The third-order valence-corrected chi connectivity index (χ3v) is 3.43. The van der Waals surface area contributed by atoms with Crippen molar-refractivity contribution in [2.45, 2.75) is 26.2 Å². The minimum Gasteiger partial charge on any atom is -0.398 e. The number of alkyl halides is 6. The molecule has 0 unspecified atom stereocenters. The first kappa shape index (κ1) is 17.2. The van der Waals surface area contributed by atoms with Crippen LogP contribution in [0.5, 0.6) is 0 Å². The lowest BCUT2D eigenvalue weighted by Gasteiger charge is -2.16. The average molecular weight is 333 g/mol. The Morgan fingerprint density at radius 1 is 0.739 bits per heavy atom. The van der Waals surface area contributed by atoms with Crippen LogP contribution in [0.15, 0.2) is 30.3 Å². The van der Waals surface area contributed by atoms with Crippen LogP contribution in [-0.4, -0.2) is 0 Å². The molecule has 0 bridgehead atoms. The van der Waals surface area contributed by atoms with E-state index in [1.54, 1.807) is 19.9 Å². The zero-order valence-electron chi connectivity index (χ0n) is 12.2. The molecule has 1 nitrogen and oxygen atoms in total. The van der Waals surface area contributed by atoms with Gasteiger partial charge >= 0.3 is 12.4 Å². The smallest absolute Gasteiger partial charge is 0.398 e. The highest BCUT2D eigenvalue weighted by Crippen LogP contribution is 2.40. The third-order valence-electron chi connectivity index (χ3n) is 3.43. The molecule has 0 aliphatic rings. The molecule has 2 aromatic rings. The molecule has 0 heterocycles. The number of nitrogens with two attached hydrogens (primary N) is 1. The minimum atomic E-state index is -4.89. The Hall–Kier alpha value is -2.18. The van der Waals surface area contributed by atoms with E-state index < -0.39 is 23.5 Å². The Labute approximate surface area is 128 Å². The van der Waals surface area contributed by atoms with Crippen molar-refractivity contribution in [3.63, 3.8) is 0 Å². The molecule has 0 aliphatic carbocycles. The van der Waals surface area contributed by atoms with Crippen LogP contribution in [-0.2, 0) is 12.4 Å². The van der Waals surface area contributed by atoms with Gasteiger partial charge in [-0.15, -0.1) is 0 Å². The van der Waals surface area contributed by atoms with Gasteiger partial charge in [0.05, 0.1) is 11.1 Å². The first-order valence-corrected chi connectivity index (χ1v) is 6.56. The van der Waals surface area contributed by atoms with E-state index >= 15 is 0 Å². The monoisotopic (exact) mass is 333 g/mol. The van der Waals surface area contributed by atoms with Crippen LogP contribution in [0, 0.1) is 13.8 Å². The van der Waals surface area contributed by atoms with Crippen molar-refractivity contribution in [2.24, 2.45) is 0 Å². The molecule has 0 aromatic heterocycles. The lowest BCUT2D eigenvalue weighted by Crippen LogP contribution is -2.11. The molecule has 124 valence electrons. The summed E-state index contributed by atoms with van der Waals surface area (Å²) in [4.78, 5) is 0. The topological polar surface area (TPSA) is 26.0 Å². The van der Waals surface area contributed by atoms with Crippen molar-refractivity contribution in [1.82, 2.24) is 0 Å². The quantitative estimate of drug-likeness (QED) is 0.534. The second-order valence-electron chi connectivity index (χ2n) is 5.34. The van der Waals surface area contributed by atoms with Gasteiger partial charge in [0.15, 0.2) is 0 Å². The third kappa shape index (κ3) is 3.60. The van der Waals surface area contributed by atoms with E-state index in [4.69, 9.17) is 5.73 Å². The van der Waals surface area contributed by atoms with Crippen molar-refractivity contribution in [1.29, 1.82) is 0 Å². The van der Waals surface area contributed by atoms with Gasteiger partial charge in [0.1, 0.15) is 0 Å². The first-order valence-electron chi connectivity index (χ1n) is 6.56. The van der Waals surface area contributed by atoms with Gasteiger partial charge in [-0.2, -0.15) is 26.3 Å². The molecule has 0 spiro atoms. The molecular weight excluding hydrogens is 320 g/mol. The van der Waals surface area contributed by atoms with Crippen molar-refractivity contribution in [3.05, 3.63) is 52.6 Å². The Kier molecular flexibility index (Phi) is 4.09. The van der Waals surface area contributed by atoms with Crippen LogP contribution in [0.25, 0.3) is 11.1 Å². The summed E-state index contributed by atoms with van der Waals surface area (Å²) >= 11 is 0. The van der Waals surface area contributed by atoms with E-state index in [9.17, 15) is 26.3 Å². The Balaban J connectivity index is 2.77. The summed E-state index contributed by atoms with van der Waals surface area (Å²) in [7, 11) is 0. The Morgan fingerprint density at radius 2 is 1.22 bits per heavy atom. The number of hydrogen-bond donors (Lipinski definition) is 1. The maximum Gasteiger partial charge on any atom is 0.416 e. The molecule has 23 heavy (non-hydrogen) atoms. The normalized spacial score (nSPS) is 12.5. The summed E-state index contributed by atoms with van der Waals surface area (Å²) < 4.78 is 77.5. The van der Waals surface area contributed by atoms with E-state index in [2.05, 4.69) is 0 Å². The molecule has 2 N–H and O–H groups in total. The summed E-state index contributed by atoms with van der Waals surface area (Å²) in [5.41, 5.74) is 4.50. The predicted octanol–water partition coefficient (Wildman–Crippen LogP) is 5.59. The van der Waals surface area contributed by atoms with Crippen LogP contribution in [0.4, 0.5) is 32.0 Å². The van der Waals surface area contributed by atoms with E-state index in [0.29, 0.717) is 23.3 Å². The standard InChI is InChI=1S/C16H13F6N/c1-8-3-9(2)14(23)13(4-8)10-5-11(15(17,18)19)7-12(6-10)16(20,21)22/h3-7H,23H2,1-2H3. The van der Waals surface area contributed by atoms with E-state index in [1.807, 2.05) is 0 Å². The van der Waals surface area contributed by atoms with Crippen LogP contribution >= 0.6 is 0 Å². The summed E-state index contributed by atoms with van der Waals surface area (Å²) in [6.45, 7) is 3.33. The second kappa shape index (κ2) is 5.47. The van der Waals surface area contributed by atoms with Gasteiger partial charge in [0.2, 0.25) is 0 Å². The van der Waals surface area contributed by atoms with Gasteiger partial charge < -0.3 is 5.73 Å². The Bertz CT molecular complexity index is 711. The Morgan fingerprint density at radius 3 is 1.65 bits per heavy atom. The van der Waals surface area contributed by atoms with Gasteiger partial charge in [-0.3, -0.25) is 0 Å². The summed E-state index contributed by atoms with van der Waals surface area (Å²) in [5.74, 6) is 0. The SMILES string of the molecule is Cc1cc(C)c(N)c(-c2cc(C(F)(F)F)cc(C(F)(F)F)c2)c1. The van der Waals surface area contributed by atoms with Gasteiger partial charge in [-0.25, -0.2) is 0 Å². The minimum absolute atomic E-state index is 0.0995. The van der Waals surface area contributed by atoms with Crippen LogP contribution < -0.4 is 5.73 Å². The fourth-order valence-corrected chi connectivity index (χ4v) is 2.33. The molecule has 0 aliphatic heterocycles. The first-order chi connectivity index (χ1) is 10.4. The van der Waals surface area contributed by atoms with E-state index in [-0.39, 0.29) is 22.9 Å². The van der Waals surface area contributed by atoms with E-state index in [0.717, 1.165) is 0 Å². The number of nitrogen functional groups attached to an aromatic ring is 1. The summed E-state index contributed by atoms with van der Waals surface area (Å²) in [6.07, 6.45) is -9.77. The van der Waals surface area contributed by atoms with Gasteiger partial charge in [0, 0.05) is 11.3 Å². The van der Waals surface area contributed by atoms with Crippen LogP contribution in [0.2, 0.25) is 0 Å². The molecule has 0 amide bonds. The highest BCUT2D eigenvalue weighted by molar-refractivity contribution is 5.80. The predicted molar refractivity (Wildman–Crippen MR) is 75.8 cm³/mol. The highest BCUT2D eigenvalue weighted by atomic mass is 19.4. The van der Waals surface area contributed by atoms with Crippen LogP contribution in [0.3, 0.4) is 0 Å². The maximum absolute atomic E-state index is 12.9. The zero-order chi connectivity index (χ0) is 17.6. The molecule has 2 aromatic carbocycles. The van der Waals surface area contributed by atoms with Crippen molar-refractivity contribution < 1.29 is 26.3 Å². The molecule has 0 saturated carbocycles. The van der Waals surface area contributed by atoms with Crippen molar-refractivity contribution in [3.8, 4) is 11.1 Å². The number of halogens is 6. The molecule has 0 fully saturated rings. The fourth-order valence-electron chi connectivity index (χ4n) is 2.33. The van der Waals surface area contributed by atoms with Gasteiger partial charge in [-0.05, 0) is 49.2 Å². The average Bonchev–Trinajstić information content (AvgIpc) is 2.40. The van der Waals surface area contributed by atoms with Crippen molar-refractivity contribution >= 4 is 5.69 Å². The molecular formula is C16H13F6N. The highest BCUT2D eigenvalue weighted by Gasteiger charge is 2.37. The number of aryl methyl sites for hydroxylation is 2. The molecule has 0 saturated heterocycles. The number of rotatable bonds is 1.